The van der Waals surface area contributed by atoms with Gasteiger partial charge in [0.2, 0.25) is 5.91 Å². The van der Waals surface area contributed by atoms with E-state index in [1.165, 1.54) is 5.56 Å². The van der Waals surface area contributed by atoms with E-state index in [0.717, 1.165) is 54.8 Å². The van der Waals surface area contributed by atoms with Crippen molar-refractivity contribution in [3.8, 4) is 0 Å². The van der Waals surface area contributed by atoms with Crippen LogP contribution < -0.4 is 0 Å². The number of aromatic nitrogens is 3. The lowest BCUT2D eigenvalue weighted by Gasteiger charge is -2.32. The third-order valence-electron chi connectivity index (χ3n) is 5.27. The van der Waals surface area contributed by atoms with E-state index in [9.17, 15) is 4.79 Å². The van der Waals surface area contributed by atoms with Crippen molar-refractivity contribution in [1.29, 1.82) is 0 Å². The number of aromatic amines is 1. The van der Waals surface area contributed by atoms with Gasteiger partial charge in [-0.25, -0.2) is 4.98 Å². The summed E-state index contributed by atoms with van der Waals surface area (Å²) in [4.78, 5) is 27.0. The first kappa shape index (κ1) is 16.8. The number of imidazole rings is 1. The minimum atomic E-state index is 0.235. The highest BCUT2D eigenvalue weighted by atomic mass is 16.2. The van der Waals surface area contributed by atoms with E-state index in [-0.39, 0.29) is 5.91 Å². The van der Waals surface area contributed by atoms with E-state index in [1.54, 1.807) is 12.4 Å². The number of pyridine rings is 1. The molecule has 5 heteroatoms. The largest absolute Gasteiger partial charge is 0.342 e. The first-order valence-electron chi connectivity index (χ1n) is 9.32. The fourth-order valence-electron chi connectivity index (χ4n) is 3.77. The number of H-pyrrole nitrogens is 1. The number of para-hydroxylation sites is 1. The average molecular weight is 348 g/mol. The number of amides is 1. The third-order valence-corrected chi connectivity index (χ3v) is 5.27. The van der Waals surface area contributed by atoms with Gasteiger partial charge < -0.3 is 9.88 Å². The van der Waals surface area contributed by atoms with Gasteiger partial charge in [0.1, 0.15) is 5.82 Å². The van der Waals surface area contributed by atoms with Crippen LogP contribution >= 0.6 is 0 Å². The van der Waals surface area contributed by atoms with Crippen LogP contribution in [0, 0.1) is 6.92 Å². The zero-order valence-electron chi connectivity index (χ0n) is 15.1. The first-order valence-corrected chi connectivity index (χ1v) is 9.32. The van der Waals surface area contributed by atoms with Gasteiger partial charge in [0.05, 0.1) is 11.0 Å². The highest BCUT2D eigenvalue weighted by Gasteiger charge is 2.26. The molecule has 3 heterocycles. The van der Waals surface area contributed by atoms with Gasteiger partial charge >= 0.3 is 0 Å². The van der Waals surface area contributed by atoms with E-state index in [0.29, 0.717) is 12.3 Å². The summed E-state index contributed by atoms with van der Waals surface area (Å²) in [5.41, 5.74) is 4.48. The molecule has 1 amide bonds. The number of carbonyl (C=O) groups excluding carboxylic acids is 1. The fraction of sp³-hybridized carbons (Fsp3) is 0.381. The van der Waals surface area contributed by atoms with Gasteiger partial charge in [-0.2, -0.15) is 0 Å². The number of hydrogen-bond donors (Lipinski definition) is 1. The molecule has 5 nitrogen and oxygen atoms in total. The number of nitrogens with zero attached hydrogens (tertiary/aromatic N) is 3. The highest BCUT2D eigenvalue weighted by molar-refractivity contribution is 5.79. The number of aryl methyl sites for hydroxylation is 2. The molecular weight excluding hydrogens is 324 g/mol. The lowest BCUT2D eigenvalue weighted by Crippen LogP contribution is -2.39. The smallest absolute Gasteiger partial charge is 0.222 e. The van der Waals surface area contributed by atoms with Gasteiger partial charge in [-0.05, 0) is 55.5 Å². The fourth-order valence-corrected chi connectivity index (χ4v) is 3.77. The Morgan fingerprint density at radius 1 is 1.27 bits per heavy atom. The van der Waals surface area contributed by atoms with Gasteiger partial charge in [0.25, 0.3) is 0 Å². The van der Waals surface area contributed by atoms with Crippen molar-refractivity contribution in [2.75, 3.05) is 13.1 Å². The van der Waals surface area contributed by atoms with E-state index >= 15 is 0 Å². The van der Waals surface area contributed by atoms with Crippen molar-refractivity contribution in [1.82, 2.24) is 19.9 Å². The molecule has 0 aliphatic carbocycles. The molecule has 1 aliphatic rings. The Hall–Kier alpha value is -2.69. The number of nitrogens with one attached hydrogen (secondary N) is 1. The normalized spacial score (nSPS) is 17.6. The van der Waals surface area contributed by atoms with Crippen LogP contribution in [0.5, 0.6) is 0 Å². The monoisotopic (exact) mass is 348 g/mol. The first-order chi connectivity index (χ1) is 12.7. The van der Waals surface area contributed by atoms with Gasteiger partial charge in [0.15, 0.2) is 0 Å². The van der Waals surface area contributed by atoms with E-state index in [1.807, 2.05) is 17.0 Å². The average Bonchev–Trinajstić information content (AvgIpc) is 3.13. The molecule has 1 fully saturated rings. The van der Waals surface area contributed by atoms with Crippen LogP contribution in [0.2, 0.25) is 0 Å². The van der Waals surface area contributed by atoms with E-state index in [4.69, 9.17) is 4.98 Å². The van der Waals surface area contributed by atoms with Crippen molar-refractivity contribution in [3.63, 3.8) is 0 Å². The Balaban J connectivity index is 1.43. The maximum absolute atomic E-state index is 12.7. The van der Waals surface area contributed by atoms with Crippen LogP contribution in [-0.2, 0) is 11.2 Å². The molecule has 1 aromatic carbocycles. The van der Waals surface area contributed by atoms with Gasteiger partial charge in [-0.15, -0.1) is 0 Å². The topological polar surface area (TPSA) is 61.9 Å². The summed E-state index contributed by atoms with van der Waals surface area (Å²) in [6.45, 7) is 3.70. The molecule has 3 aromatic rings. The van der Waals surface area contributed by atoms with Crippen molar-refractivity contribution in [3.05, 3.63) is 59.7 Å². The molecule has 0 radical (unpaired) electrons. The highest BCUT2D eigenvalue weighted by Crippen LogP contribution is 2.28. The molecule has 1 atom stereocenters. The van der Waals surface area contributed by atoms with Crippen molar-refractivity contribution >= 4 is 16.9 Å². The molecule has 0 saturated carbocycles. The Morgan fingerprint density at radius 3 is 2.92 bits per heavy atom. The summed E-state index contributed by atoms with van der Waals surface area (Å²) in [6, 6.07) is 10.2. The van der Waals surface area contributed by atoms with Crippen molar-refractivity contribution < 1.29 is 4.79 Å². The van der Waals surface area contributed by atoms with Crippen LogP contribution in [0.25, 0.3) is 11.0 Å². The number of hydrogen-bond acceptors (Lipinski definition) is 3. The Bertz CT molecular complexity index is 903. The van der Waals surface area contributed by atoms with E-state index in [2.05, 4.69) is 35.1 Å². The van der Waals surface area contributed by atoms with Crippen LogP contribution in [0.3, 0.4) is 0 Å². The molecule has 1 N–H and O–H groups in total. The summed E-state index contributed by atoms with van der Waals surface area (Å²) in [5.74, 6) is 1.54. The quantitative estimate of drug-likeness (QED) is 0.783. The number of fused-ring (bicyclic) bond motifs is 1. The van der Waals surface area contributed by atoms with Gasteiger partial charge in [-0.1, -0.05) is 12.1 Å². The zero-order valence-corrected chi connectivity index (χ0v) is 15.1. The van der Waals surface area contributed by atoms with Gasteiger partial charge in [0, 0.05) is 37.8 Å². The molecule has 1 saturated heterocycles. The summed E-state index contributed by atoms with van der Waals surface area (Å²) < 4.78 is 0. The minimum absolute atomic E-state index is 0.235. The van der Waals surface area contributed by atoms with Crippen LogP contribution in [0.15, 0.2) is 42.7 Å². The maximum atomic E-state index is 12.7. The zero-order chi connectivity index (χ0) is 17.9. The number of benzene rings is 1. The lowest BCUT2D eigenvalue weighted by molar-refractivity contribution is -0.132. The summed E-state index contributed by atoms with van der Waals surface area (Å²) in [6.07, 6.45) is 6.98. The standard InChI is InChI=1S/C21H24N4O/c1-15-4-2-6-18-20(15)24-21(23-18)17-5-3-13-25(14-17)19(26)8-7-16-9-11-22-12-10-16/h2,4,6,9-12,17H,3,5,7-8,13-14H2,1H3,(H,23,24). The number of likely N-dealkylation sites (tertiary alicyclic amines) is 1. The molecule has 0 spiro atoms. The van der Waals surface area contributed by atoms with E-state index < -0.39 is 0 Å². The number of rotatable bonds is 4. The Labute approximate surface area is 153 Å². The molecule has 2 aromatic heterocycles. The second-order valence-corrected chi connectivity index (χ2v) is 7.13. The maximum Gasteiger partial charge on any atom is 0.222 e. The third kappa shape index (κ3) is 3.47. The molecular formula is C21H24N4O. The molecule has 134 valence electrons. The van der Waals surface area contributed by atoms with Crippen molar-refractivity contribution in [2.24, 2.45) is 0 Å². The summed E-state index contributed by atoms with van der Waals surface area (Å²) >= 11 is 0. The molecule has 1 unspecified atom stereocenters. The Kier molecular flexibility index (Phi) is 4.69. The lowest BCUT2D eigenvalue weighted by atomic mass is 9.97. The molecule has 4 rings (SSSR count). The molecule has 26 heavy (non-hydrogen) atoms. The van der Waals surface area contributed by atoms with Gasteiger partial charge in [-0.3, -0.25) is 9.78 Å². The SMILES string of the molecule is Cc1cccc2[nH]c(C3CCCN(C(=O)CCc4ccncc4)C3)nc12. The number of carbonyl (C=O) groups is 1. The minimum Gasteiger partial charge on any atom is -0.342 e. The predicted molar refractivity (Wildman–Crippen MR) is 102 cm³/mol. The Morgan fingerprint density at radius 2 is 2.12 bits per heavy atom. The molecule has 0 bridgehead atoms. The number of piperidine rings is 1. The van der Waals surface area contributed by atoms with Crippen LogP contribution in [0.1, 0.15) is 42.1 Å². The van der Waals surface area contributed by atoms with Crippen LogP contribution in [0.4, 0.5) is 0 Å². The molecule has 1 aliphatic heterocycles. The van der Waals surface area contributed by atoms with Crippen molar-refractivity contribution in [2.45, 2.75) is 38.5 Å². The summed E-state index contributed by atoms with van der Waals surface area (Å²) in [7, 11) is 0. The van der Waals surface area contributed by atoms with Crippen LogP contribution in [-0.4, -0.2) is 38.8 Å². The second-order valence-electron chi connectivity index (χ2n) is 7.13. The summed E-state index contributed by atoms with van der Waals surface area (Å²) in [5, 5.41) is 0. The predicted octanol–water partition coefficient (Wildman–Crippen LogP) is 3.61. The second kappa shape index (κ2) is 7.28.